The third-order valence-corrected chi connectivity index (χ3v) is 4.92. The Bertz CT molecular complexity index is 467. The fraction of sp³-hybridized carbons (Fsp3) is 0.632. The number of aliphatic hydroxyl groups excluding tert-OH is 1. The van der Waals surface area contributed by atoms with Gasteiger partial charge in [-0.1, -0.05) is 50.1 Å². The number of guanidine groups is 1. The molecule has 23 heavy (non-hydrogen) atoms. The molecule has 1 aromatic rings. The van der Waals surface area contributed by atoms with Crippen LogP contribution in [0.2, 0.25) is 0 Å². The summed E-state index contributed by atoms with van der Waals surface area (Å²) < 4.78 is 0. The van der Waals surface area contributed by atoms with Gasteiger partial charge in [-0.05, 0) is 30.2 Å². The highest BCUT2D eigenvalue weighted by molar-refractivity contribution is 5.79. The van der Waals surface area contributed by atoms with E-state index in [2.05, 4.69) is 34.7 Å². The van der Waals surface area contributed by atoms with Crippen LogP contribution < -0.4 is 10.6 Å². The molecule has 0 heterocycles. The van der Waals surface area contributed by atoms with Crippen molar-refractivity contribution in [3.8, 4) is 0 Å². The molecule has 1 saturated carbocycles. The van der Waals surface area contributed by atoms with Gasteiger partial charge < -0.3 is 15.7 Å². The fourth-order valence-electron chi connectivity index (χ4n) is 3.23. The third-order valence-electron chi connectivity index (χ3n) is 4.92. The minimum Gasteiger partial charge on any atom is -0.396 e. The van der Waals surface area contributed by atoms with Crippen LogP contribution in [0.4, 0.5) is 0 Å². The quantitative estimate of drug-likeness (QED) is 0.558. The minimum atomic E-state index is 0.0882. The van der Waals surface area contributed by atoms with E-state index in [4.69, 9.17) is 0 Å². The summed E-state index contributed by atoms with van der Waals surface area (Å²) >= 11 is 0. The number of hydrogen-bond acceptors (Lipinski definition) is 2. The van der Waals surface area contributed by atoms with Gasteiger partial charge in [0.15, 0.2) is 5.96 Å². The van der Waals surface area contributed by atoms with Crippen LogP contribution in [0.3, 0.4) is 0 Å². The van der Waals surface area contributed by atoms with E-state index in [1.54, 1.807) is 7.05 Å². The maximum atomic E-state index is 9.62. The second kappa shape index (κ2) is 9.56. The Morgan fingerprint density at radius 3 is 2.48 bits per heavy atom. The number of rotatable bonds is 6. The first-order chi connectivity index (χ1) is 11.2. The van der Waals surface area contributed by atoms with E-state index in [0.29, 0.717) is 6.54 Å². The van der Waals surface area contributed by atoms with Gasteiger partial charge in [0.05, 0.1) is 6.61 Å². The predicted octanol–water partition coefficient (Wildman–Crippen LogP) is 2.75. The molecular weight excluding hydrogens is 286 g/mol. The Hall–Kier alpha value is -1.55. The highest BCUT2D eigenvalue weighted by atomic mass is 16.3. The highest BCUT2D eigenvalue weighted by Crippen LogP contribution is 2.27. The van der Waals surface area contributed by atoms with Crippen molar-refractivity contribution in [3.63, 3.8) is 0 Å². The summed E-state index contributed by atoms with van der Waals surface area (Å²) in [5, 5.41) is 16.4. The highest BCUT2D eigenvalue weighted by Gasteiger charge is 2.18. The molecule has 1 atom stereocenters. The number of aliphatic imine (C=N–C) groups is 1. The Kier molecular flexibility index (Phi) is 7.40. The van der Waals surface area contributed by atoms with Crippen LogP contribution in [0.5, 0.6) is 0 Å². The molecule has 0 aromatic heterocycles. The van der Waals surface area contributed by atoms with Crippen molar-refractivity contribution in [2.24, 2.45) is 16.8 Å². The Morgan fingerprint density at radius 2 is 1.87 bits per heavy atom. The van der Waals surface area contributed by atoms with Gasteiger partial charge in [-0.25, -0.2) is 0 Å². The van der Waals surface area contributed by atoms with Gasteiger partial charge in [0.2, 0.25) is 0 Å². The van der Waals surface area contributed by atoms with E-state index in [9.17, 15) is 5.11 Å². The van der Waals surface area contributed by atoms with Gasteiger partial charge in [0.25, 0.3) is 0 Å². The van der Waals surface area contributed by atoms with Crippen LogP contribution in [0.15, 0.2) is 35.3 Å². The first-order valence-electron chi connectivity index (χ1n) is 8.83. The third kappa shape index (κ3) is 5.87. The molecule has 4 nitrogen and oxygen atoms in total. The number of nitrogens with zero attached hydrogens (tertiary/aromatic N) is 1. The molecule has 0 radical (unpaired) electrons. The standard InChI is InChI=1S/C19H31N3O/c1-15-8-10-16(11-9-15)12-21-19(20-2)22-13-18(14-23)17-6-4-3-5-7-17/h3-7,15-16,18,23H,8-14H2,1-2H3,(H2,20,21,22). The Balaban J connectivity index is 1.76. The lowest BCUT2D eigenvalue weighted by molar-refractivity contribution is 0.264. The topological polar surface area (TPSA) is 56.7 Å². The summed E-state index contributed by atoms with van der Waals surface area (Å²) in [5.41, 5.74) is 1.15. The van der Waals surface area contributed by atoms with Crippen LogP contribution in [0.25, 0.3) is 0 Å². The molecule has 128 valence electrons. The average molecular weight is 317 g/mol. The van der Waals surface area contributed by atoms with Crippen LogP contribution in [0.1, 0.15) is 44.1 Å². The number of aliphatic hydroxyl groups is 1. The molecule has 0 amide bonds. The van der Waals surface area contributed by atoms with Gasteiger partial charge in [-0.15, -0.1) is 0 Å². The zero-order valence-electron chi connectivity index (χ0n) is 14.5. The summed E-state index contributed by atoms with van der Waals surface area (Å²) in [5.74, 6) is 2.57. The van der Waals surface area contributed by atoms with Crippen molar-refractivity contribution < 1.29 is 5.11 Å². The van der Waals surface area contributed by atoms with E-state index < -0.39 is 0 Å². The normalized spacial score (nSPS) is 23.3. The average Bonchev–Trinajstić information content (AvgIpc) is 2.60. The molecule has 0 spiro atoms. The molecule has 1 aliphatic carbocycles. The fourth-order valence-corrected chi connectivity index (χ4v) is 3.23. The lowest BCUT2D eigenvalue weighted by Crippen LogP contribution is -2.42. The molecule has 1 unspecified atom stereocenters. The molecule has 0 aliphatic heterocycles. The van der Waals surface area contributed by atoms with Gasteiger partial charge in [-0.3, -0.25) is 4.99 Å². The molecule has 1 aromatic carbocycles. The predicted molar refractivity (Wildman–Crippen MR) is 96.8 cm³/mol. The van der Waals surface area contributed by atoms with Crippen LogP contribution in [0, 0.1) is 11.8 Å². The zero-order chi connectivity index (χ0) is 16.5. The molecule has 0 saturated heterocycles. The van der Waals surface area contributed by atoms with Gasteiger partial charge in [0, 0.05) is 26.1 Å². The number of nitrogens with one attached hydrogen (secondary N) is 2. The summed E-state index contributed by atoms with van der Waals surface area (Å²) in [6.45, 7) is 4.15. The van der Waals surface area contributed by atoms with E-state index in [1.807, 2.05) is 18.2 Å². The van der Waals surface area contributed by atoms with Crippen molar-refractivity contribution in [1.29, 1.82) is 0 Å². The monoisotopic (exact) mass is 317 g/mol. The lowest BCUT2D eigenvalue weighted by atomic mass is 9.83. The molecule has 4 heteroatoms. The van der Waals surface area contributed by atoms with Crippen molar-refractivity contribution in [3.05, 3.63) is 35.9 Å². The maximum absolute atomic E-state index is 9.62. The molecule has 2 rings (SSSR count). The second-order valence-electron chi connectivity index (χ2n) is 6.75. The van der Waals surface area contributed by atoms with Gasteiger partial charge in [0.1, 0.15) is 0 Å². The summed E-state index contributed by atoms with van der Waals surface area (Å²) in [6.07, 6.45) is 5.32. The first kappa shape index (κ1) is 17.8. The van der Waals surface area contributed by atoms with Crippen molar-refractivity contribution in [2.75, 3.05) is 26.7 Å². The number of benzene rings is 1. The van der Waals surface area contributed by atoms with Gasteiger partial charge in [-0.2, -0.15) is 0 Å². The van der Waals surface area contributed by atoms with Crippen LogP contribution in [-0.4, -0.2) is 37.8 Å². The number of hydrogen-bond donors (Lipinski definition) is 3. The van der Waals surface area contributed by atoms with E-state index in [0.717, 1.165) is 29.9 Å². The summed E-state index contributed by atoms with van der Waals surface area (Å²) in [4.78, 5) is 4.30. The summed E-state index contributed by atoms with van der Waals surface area (Å²) in [6, 6.07) is 10.1. The maximum Gasteiger partial charge on any atom is 0.191 e. The Labute approximate surface area is 140 Å². The minimum absolute atomic E-state index is 0.0882. The van der Waals surface area contributed by atoms with Crippen LogP contribution >= 0.6 is 0 Å². The lowest BCUT2D eigenvalue weighted by Gasteiger charge is -2.27. The van der Waals surface area contributed by atoms with E-state index in [-0.39, 0.29) is 12.5 Å². The molecule has 1 fully saturated rings. The van der Waals surface area contributed by atoms with Crippen molar-refractivity contribution in [1.82, 2.24) is 10.6 Å². The van der Waals surface area contributed by atoms with E-state index >= 15 is 0 Å². The summed E-state index contributed by atoms with van der Waals surface area (Å²) in [7, 11) is 1.80. The second-order valence-corrected chi connectivity index (χ2v) is 6.75. The van der Waals surface area contributed by atoms with Crippen LogP contribution in [-0.2, 0) is 0 Å². The van der Waals surface area contributed by atoms with Crippen molar-refractivity contribution in [2.45, 2.75) is 38.5 Å². The van der Waals surface area contributed by atoms with Crippen molar-refractivity contribution >= 4 is 5.96 Å². The first-order valence-corrected chi connectivity index (χ1v) is 8.83. The largest absolute Gasteiger partial charge is 0.396 e. The smallest absolute Gasteiger partial charge is 0.191 e. The molecule has 0 bridgehead atoms. The molecule has 1 aliphatic rings. The van der Waals surface area contributed by atoms with E-state index in [1.165, 1.54) is 25.7 Å². The molecule has 3 N–H and O–H groups in total. The Morgan fingerprint density at radius 1 is 1.17 bits per heavy atom. The SMILES string of the molecule is CN=C(NCC1CCC(C)CC1)NCC(CO)c1ccccc1. The van der Waals surface area contributed by atoms with Gasteiger partial charge >= 0.3 is 0 Å². The zero-order valence-corrected chi connectivity index (χ0v) is 14.5. The molecular formula is C19H31N3O.